The normalized spacial score (nSPS) is 27.5. The van der Waals surface area contributed by atoms with E-state index < -0.39 is 15.1 Å². The van der Waals surface area contributed by atoms with Gasteiger partial charge in [-0.25, -0.2) is 8.42 Å². The fraction of sp³-hybridized carbons (Fsp3) is 0.538. The number of sulfone groups is 1. The third kappa shape index (κ3) is 2.24. The lowest BCUT2D eigenvalue weighted by atomic mass is 9.86. The topological polar surface area (TPSA) is 60.2 Å². The van der Waals surface area contributed by atoms with Crippen molar-refractivity contribution >= 4 is 9.84 Å². The maximum Gasteiger partial charge on any atom is 0.160 e. The molecule has 4 heteroatoms. The molecule has 0 saturated carbocycles. The highest BCUT2D eigenvalue weighted by molar-refractivity contribution is 7.93. The minimum Gasteiger partial charge on any atom is -0.325 e. The molecule has 0 radical (unpaired) electrons. The highest BCUT2D eigenvalue weighted by atomic mass is 32.2. The van der Waals surface area contributed by atoms with Gasteiger partial charge in [0, 0.05) is 6.04 Å². The Balaban J connectivity index is 2.31. The van der Waals surface area contributed by atoms with Gasteiger partial charge in [0.2, 0.25) is 0 Å². The van der Waals surface area contributed by atoms with Crippen LogP contribution in [0.4, 0.5) is 0 Å². The molecular weight excluding hydrogens is 234 g/mol. The van der Waals surface area contributed by atoms with Crippen LogP contribution in [-0.4, -0.2) is 20.2 Å². The molecule has 2 N–H and O–H groups in total. The van der Waals surface area contributed by atoms with E-state index in [1.54, 1.807) is 0 Å². The van der Waals surface area contributed by atoms with Crippen molar-refractivity contribution in [2.24, 2.45) is 5.73 Å². The first-order valence-corrected chi connectivity index (χ1v) is 7.51. The highest BCUT2D eigenvalue weighted by Gasteiger charge is 2.44. The van der Waals surface area contributed by atoms with Gasteiger partial charge in [-0.15, -0.1) is 0 Å². The summed E-state index contributed by atoms with van der Waals surface area (Å²) in [7, 11) is -3.00. The lowest BCUT2D eigenvalue weighted by Crippen LogP contribution is -2.50. The van der Waals surface area contributed by atoms with Gasteiger partial charge in [-0.3, -0.25) is 0 Å². The van der Waals surface area contributed by atoms with E-state index in [2.05, 4.69) is 20.8 Å². The molecule has 1 heterocycles. The average Bonchev–Trinajstić information content (AvgIpc) is 2.15. The molecule has 94 valence electrons. The summed E-state index contributed by atoms with van der Waals surface area (Å²) in [5.41, 5.74) is 7.87. The van der Waals surface area contributed by atoms with E-state index in [1.165, 1.54) is 5.56 Å². The number of benzene rings is 1. The monoisotopic (exact) mass is 253 g/mol. The van der Waals surface area contributed by atoms with Crippen molar-refractivity contribution in [1.29, 1.82) is 0 Å². The summed E-state index contributed by atoms with van der Waals surface area (Å²) in [4.78, 5) is 0. The highest BCUT2D eigenvalue weighted by Crippen LogP contribution is 2.36. The van der Waals surface area contributed by atoms with Crippen LogP contribution in [0.3, 0.4) is 0 Å². The van der Waals surface area contributed by atoms with Crippen LogP contribution in [0, 0.1) is 0 Å². The van der Waals surface area contributed by atoms with Gasteiger partial charge in [0.25, 0.3) is 0 Å². The molecule has 3 nitrogen and oxygen atoms in total. The Morgan fingerprint density at radius 2 is 1.71 bits per heavy atom. The SMILES string of the molecule is CC(C)(C)c1ccc(C2C(N)CS2(=O)=O)cc1. The molecule has 1 aromatic carbocycles. The van der Waals surface area contributed by atoms with E-state index in [4.69, 9.17) is 5.73 Å². The van der Waals surface area contributed by atoms with Crippen LogP contribution in [0.2, 0.25) is 0 Å². The van der Waals surface area contributed by atoms with Crippen LogP contribution >= 0.6 is 0 Å². The predicted molar refractivity (Wildman–Crippen MR) is 69.6 cm³/mol. The zero-order chi connectivity index (χ0) is 12.8. The van der Waals surface area contributed by atoms with Crippen molar-refractivity contribution in [2.45, 2.75) is 37.5 Å². The summed E-state index contributed by atoms with van der Waals surface area (Å²) in [6.07, 6.45) is 0. The van der Waals surface area contributed by atoms with E-state index in [-0.39, 0.29) is 17.2 Å². The first-order chi connectivity index (χ1) is 7.72. The molecular formula is C13H19NO2S. The van der Waals surface area contributed by atoms with E-state index in [0.717, 1.165) is 5.56 Å². The molecule has 1 fully saturated rings. The smallest absolute Gasteiger partial charge is 0.160 e. The second-order valence-corrected chi connectivity index (χ2v) is 7.95. The van der Waals surface area contributed by atoms with Crippen molar-refractivity contribution < 1.29 is 8.42 Å². The van der Waals surface area contributed by atoms with Gasteiger partial charge in [0.05, 0.1) is 5.75 Å². The minimum atomic E-state index is -3.00. The largest absolute Gasteiger partial charge is 0.325 e. The molecule has 2 rings (SSSR count). The maximum absolute atomic E-state index is 11.6. The van der Waals surface area contributed by atoms with Crippen molar-refractivity contribution in [3.63, 3.8) is 0 Å². The van der Waals surface area contributed by atoms with Crippen LogP contribution in [-0.2, 0) is 15.3 Å². The zero-order valence-electron chi connectivity index (χ0n) is 10.5. The minimum absolute atomic E-state index is 0.0825. The molecule has 0 bridgehead atoms. The predicted octanol–water partition coefficient (Wildman–Crippen LogP) is 1.78. The van der Waals surface area contributed by atoms with Crippen LogP contribution in [0.1, 0.15) is 37.1 Å². The second-order valence-electron chi connectivity index (χ2n) is 5.79. The van der Waals surface area contributed by atoms with E-state index in [9.17, 15) is 8.42 Å². The number of hydrogen-bond acceptors (Lipinski definition) is 3. The van der Waals surface area contributed by atoms with Crippen molar-refractivity contribution in [3.05, 3.63) is 35.4 Å². The molecule has 1 aliphatic rings. The van der Waals surface area contributed by atoms with Gasteiger partial charge in [-0.1, -0.05) is 45.0 Å². The van der Waals surface area contributed by atoms with Crippen molar-refractivity contribution in [3.8, 4) is 0 Å². The van der Waals surface area contributed by atoms with E-state index >= 15 is 0 Å². The summed E-state index contributed by atoms with van der Waals surface area (Å²) >= 11 is 0. The van der Waals surface area contributed by atoms with Gasteiger partial charge in [0.1, 0.15) is 5.25 Å². The van der Waals surface area contributed by atoms with Crippen molar-refractivity contribution in [1.82, 2.24) is 0 Å². The number of hydrogen-bond donors (Lipinski definition) is 1. The zero-order valence-corrected chi connectivity index (χ0v) is 11.3. The van der Waals surface area contributed by atoms with E-state index in [0.29, 0.717) is 0 Å². The molecule has 2 unspecified atom stereocenters. The molecule has 17 heavy (non-hydrogen) atoms. The molecule has 0 spiro atoms. The first kappa shape index (κ1) is 12.6. The Hall–Kier alpha value is -0.870. The van der Waals surface area contributed by atoms with Crippen molar-refractivity contribution in [2.75, 3.05) is 5.75 Å². The summed E-state index contributed by atoms with van der Waals surface area (Å²) in [6.45, 7) is 6.40. The molecule has 0 amide bonds. The summed E-state index contributed by atoms with van der Waals surface area (Å²) in [6, 6.07) is 7.52. The quantitative estimate of drug-likeness (QED) is 0.830. The Bertz CT molecular complexity index is 511. The molecule has 1 aromatic rings. The van der Waals surface area contributed by atoms with Crippen LogP contribution < -0.4 is 5.73 Å². The summed E-state index contributed by atoms with van der Waals surface area (Å²) < 4.78 is 23.3. The summed E-state index contributed by atoms with van der Waals surface area (Å²) in [5, 5.41) is -0.503. The Morgan fingerprint density at radius 1 is 1.18 bits per heavy atom. The van der Waals surface area contributed by atoms with Crippen LogP contribution in [0.5, 0.6) is 0 Å². The fourth-order valence-corrected chi connectivity index (χ4v) is 4.01. The van der Waals surface area contributed by atoms with Gasteiger partial charge in [-0.05, 0) is 16.5 Å². The van der Waals surface area contributed by atoms with Gasteiger partial charge < -0.3 is 5.73 Å². The third-order valence-corrected chi connectivity index (χ3v) is 5.55. The molecule has 1 saturated heterocycles. The Labute approximate surface area is 103 Å². The lowest BCUT2D eigenvalue weighted by molar-refractivity contribution is 0.522. The second kappa shape index (κ2) is 3.82. The standard InChI is InChI=1S/C13H19NO2S/c1-13(2,3)10-6-4-9(5-7-10)12-11(14)8-17(12,15)16/h4-7,11-12H,8,14H2,1-3H3. The Morgan fingerprint density at radius 3 is 2.06 bits per heavy atom. The van der Waals surface area contributed by atoms with E-state index in [1.807, 2.05) is 24.3 Å². The molecule has 2 atom stereocenters. The number of rotatable bonds is 1. The van der Waals surface area contributed by atoms with Gasteiger partial charge in [-0.2, -0.15) is 0 Å². The Kier molecular flexibility index (Phi) is 2.83. The molecule has 1 aliphatic heterocycles. The maximum atomic E-state index is 11.6. The molecule has 0 aromatic heterocycles. The summed E-state index contributed by atoms with van der Waals surface area (Å²) in [5.74, 6) is 0.110. The first-order valence-electron chi connectivity index (χ1n) is 5.79. The number of nitrogens with two attached hydrogens (primary N) is 1. The van der Waals surface area contributed by atoms with Crippen LogP contribution in [0.15, 0.2) is 24.3 Å². The average molecular weight is 253 g/mol. The fourth-order valence-electron chi connectivity index (χ4n) is 2.23. The third-order valence-electron chi connectivity index (χ3n) is 3.31. The van der Waals surface area contributed by atoms with Gasteiger partial charge >= 0.3 is 0 Å². The molecule has 0 aliphatic carbocycles. The van der Waals surface area contributed by atoms with Crippen LogP contribution in [0.25, 0.3) is 0 Å². The lowest BCUT2D eigenvalue weighted by Gasteiger charge is -2.34. The van der Waals surface area contributed by atoms with Gasteiger partial charge in [0.15, 0.2) is 9.84 Å².